The fourth-order valence-electron chi connectivity index (χ4n) is 1.81. The van der Waals surface area contributed by atoms with Crippen LogP contribution in [0.3, 0.4) is 0 Å². The molecule has 104 valence electrons. The molecule has 20 heavy (non-hydrogen) atoms. The maximum absolute atomic E-state index is 12.8. The Labute approximate surface area is 117 Å². The smallest absolute Gasteiger partial charge is 0.251 e. The predicted octanol–water partition coefficient (Wildman–Crippen LogP) is 2.90. The molecular formula is C16H16FNO2. The summed E-state index contributed by atoms with van der Waals surface area (Å²) < 4.78 is 17.8. The van der Waals surface area contributed by atoms with Gasteiger partial charge in [0.05, 0.1) is 6.61 Å². The van der Waals surface area contributed by atoms with Crippen molar-refractivity contribution in [2.75, 3.05) is 7.11 Å². The number of nitrogens with one attached hydrogen (secondary N) is 1. The Morgan fingerprint density at radius 1 is 1.05 bits per heavy atom. The van der Waals surface area contributed by atoms with Gasteiger partial charge in [-0.15, -0.1) is 0 Å². The highest BCUT2D eigenvalue weighted by atomic mass is 19.1. The van der Waals surface area contributed by atoms with Crippen LogP contribution in [0.5, 0.6) is 0 Å². The lowest BCUT2D eigenvalue weighted by Gasteiger charge is -2.06. The maximum atomic E-state index is 12.8. The number of benzene rings is 2. The van der Waals surface area contributed by atoms with E-state index in [-0.39, 0.29) is 11.7 Å². The molecule has 0 saturated carbocycles. The molecule has 1 N–H and O–H groups in total. The Balaban J connectivity index is 1.91. The minimum absolute atomic E-state index is 0.217. The molecular weight excluding hydrogens is 257 g/mol. The van der Waals surface area contributed by atoms with Gasteiger partial charge in [-0.05, 0) is 35.4 Å². The van der Waals surface area contributed by atoms with E-state index in [0.717, 1.165) is 11.1 Å². The van der Waals surface area contributed by atoms with Crippen LogP contribution in [0, 0.1) is 5.82 Å². The number of halogens is 1. The molecule has 0 fully saturated rings. The Kier molecular flexibility index (Phi) is 4.85. The molecule has 2 aromatic rings. The normalized spacial score (nSPS) is 10.3. The highest BCUT2D eigenvalue weighted by Gasteiger charge is 2.05. The summed E-state index contributed by atoms with van der Waals surface area (Å²) in [5, 5.41) is 2.79. The topological polar surface area (TPSA) is 38.3 Å². The highest BCUT2D eigenvalue weighted by molar-refractivity contribution is 5.94. The minimum atomic E-state index is -0.352. The van der Waals surface area contributed by atoms with Crippen LogP contribution in [0.2, 0.25) is 0 Å². The summed E-state index contributed by atoms with van der Waals surface area (Å²) in [5.41, 5.74) is 2.53. The van der Waals surface area contributed by atoms with Gasteiger partial charge in [-0.25, -0.2) is 4.39 Å². The zero-order valence-electron chi connectivity index (χ0n) is 11.2. The van der Waals surface area contributed by atoms with Crippen molar-refractivity contribution in [3.8, 4) is 0 Å². The van der Waals surface area contributed by atoms with Gasteiger partial charge in [0.1, 0.15) is 5.82 Å². The Morgan fingerprint density at radius 2 is 1.65 bits per heavy atom. The fraction of sp³-hybridized carbons (Fsp3) is 0.188. The summed E-state index contributed by atoms with van der Waals surface area (Å²) in [6.45, 7) is 1.01. The monoisotopic (exact) mass is 273 g/mol. The van der Waals surface area contributed by atoms with E-state index in [1.54, 1.807) is 7.11 Å². The van der Waals surface area contributed by atoms with Crippen LogP contribution < -0.4 is 5.32 Å². The quantitative estimate of drug-likeness (QED) is 0.909. The molecule has 2 rings (SSSR count). The lowest BCUT2D eigenvalue weighted by molar-refractivity contribution is 0.0951. The standard InChI is InChI=1S/C16H16FNO2/c1-20-11-13-4-2-12(3-5-13)10-18-16(19)14-6-8-15(17)9-7-14/h2-9H,10-11H2,1H3,(H,18,19). The van der Waals surface area contributed by atoms with Gasteiger partial charge in [0.15, 0.2) is 0 Å². The molecule has 0 bridgehead atoms. The second-order valence-corrected chi connectivity index (χ2v) is 4.44. The van der Waals surface area contributed by atoms with Gasteiger partial charge in [-0.1, -0.05) is 24.3 Å². The van der Waals surface area contributed by atoms with Crippen LogP contribution in [-0.4, -0.2) is 13.0 Å². The molecule has 0 radical (unpaired) electrons. The molecule has 4 heteroatoms. The van der Waals surface area contributed by atoms with E-state index in [2.05, 4.69) is 5.32 Å². The molecule has 0 aromatic heterocycles. The average molecular weight is 273 g/mol. The first-order valence-electron chi connectivity index (χ1n) is 6.29. The first-order valence-corrected chi connectivity index (χ1v) is 6.29. The summed E-state index contributed by atoms with van der Waals surface area (Å²) in [6, 6.07) is 13.3. The van der Waals surface area contributed by atoms with Gasteiger partial charge in [0, 0.05) is 19.2 Å². The maximum Gasteiger partial charge on any atom is 0.251 e. The third kappa shape index (κ3) is 3.90. The number of methoxy groups -OCH3 is 1. The number of amides is 1. The average Bonchev–Trinajstić information content (AvgIpc) is 2.47. The van der Waals surface area contributed by atoms with Crippen LogP contribution in [0.1, 0.15) is 21.5 Å². The number of carbonyl (C=O) groups is 1. The lowest BCUT2D eigenvalue weighted by Crippen LogP contribution is -2.22. The lowest BCUT2D eigenvalue weighted by atomic mass is 10.1. The van der Waals surface area contributed by atoms with E-state index in [9.17, 15) is 9.18 Å². The largest absolute Gasteiger partial charge is 0.380 e. The van der Waals surface area contributed by atoms with Crippen molar-refractivity contribution in [3.05, 3.63) is 71.0 Å². The van der Waals surface area contributed by atoms with Crippen molar-refractivity contribution in [2.45, 2.75) is 13.2 Å². The van der Waals surface area contributed by atoms with Crippen molar-refractivity contribution in [1.29, 1.82) is 0 Å². The zero-order valence-corrected chi connectivity index (χ0v) is 11.2. The van der Waals surface area contributed by atoms with Crippen LogP contribution in [0.4, 0.5) is 4.39 Å². The van der Waals surface area contributed by atoms with Gasteiger partial charge in [0.25, 0.3) is 5.91 Å². The van der Waals surface area contributed by atoms with Crippen molar-refractivity contribution in [2.24, 2.45) is 0 Å². The summed E-state index contributed by atoms with van der Waals surface area (Å²) in [7, 11) is 1.65. The second kappa shape index (κ2) is 6.82. The van der Waals surface area contributed by atoms with Gasteiger partial charge >= 0.3 is 0 Å². The molecule has 0 aliphatic rings. The van der Waals surface area contributed by atoms with Crippen molar-refractivity contribution in [3.63, 3.8) is 0 Å². The molecule has 0 saturated heterocycles. The number of hydrogen-bond acceptors (Lipinski definition) is 2. The van der Waals surface area contributed by atoms with E-state index < -0.39 is 0 Å². The molecule has 0 atom stereocenters. The summed E-state index contributed by atoms with van der Waals surface area (Å²) in [5.74, 6) is -0.568. The Bertz CT molecular complexity index is 564. The van der Waals surface area contributed by atoms with E-state index in [0.29, 0.717) is 18.7 Å². The summed E-state index contributed by atoms with van der Waals surface area (Å²) in [4.78, 5) is 11.8. The van der Waals surface area contributed by atoms with Crippen molar-refractivity contribution < 1.29 is 13.9 Å². The first-order chi connectivity index (χ1) is 9.69. The van der Waals surface area contributed by atoms with Crippen LogP contribution in [0.25, 0.3) is 0 Å². The van der Waals surface area contributed by atoms with Crippen molar-refractivity contribution >= 4 is 5.91 Å². The van der Waals surface area contributed by atoms with E-state index in [1.807, 2.05) is 24.3 Å². The Morgan fingerprint density at radius 3 is 2.25 bits per heavy atom. The molecule has 0 spiro atoms. The van der Waals surface area contributed by atoms with E-state index in [4.69, 9.17) is 4.74 Å². The minimum Gasteiger partial charge on any atom is -0.380 e. The third-order valence-corrected chi connectivity index (χ3v) is 2.89. The molecule has 0 aliphatic carbocycles. The number of rotatable bonds is 5. The SMILES string of the molecule is COCc1ccc(CNC(=O)c2ccc(F)cc2)cc1. The van der Waals surface area contributed by atoms with Gasteiger partial charge in [-0.3, -0.25) is 4.79 Å². The summed E-state index contributed by atoms with van der Waals surface area (Å²) in [6.07, 6.45) is 0. The predicted molar refractivity (Wildman–Crippen MR) is 74.7 cm³/mol. The van der Waals surface area contributed by atoms with Crippen molar-refractivity contribution in [1.82, 2.24) is 5.32 Å². The number of hydrogen-bond donors (Lipinski definition) is 1. The van der Waals surface area contributed by atoms with E-state index in [1.165, 1.54) is 24.3 Å². The van der Waals surface area contributed by atoms with Crippen LogP contribution >= 0.6 is 0 Å². The van der Waals surface area contributed by atoms with Gasteiger partial charge < -0.3 is 10.1 Å². The summed E-state index contributed by atoms with van der Waals surface area (Å²) >= 11 is 0. The third-order valence-electron chi connectivity index (χ3n) is 2.89. The molecule has 3 nitrogen and oxygen atoms in total. The molecule has 0 unspecified atom stereocenters. The highest BCUT2D eigenvalue weighted by Crippen LogP contribution is 2.06. The number of ether oxygens (including phenoxy) is 1. The second-order valence-electron chi connectivity index (χ2n) is 4.44. The molecule has 0 aliphatic heterocycles. The number of carbonyl (C=O) groups excluding carboxylic acids is 1. The zero-order chi connectivity index (χ0) is 14.4. The Hall–Kier alpha value is -2.20. The molecule has 1 amide bonds. The van der Waals surface area contributed by atoms with E-state index >= 15 is 0 Å². The van der Waals surface area contributed by atoms with Gasteiger partial charge in [0.2, 0.25) is 0 Å². The van der Waals surface area contributed by atoms with Gasteiger partial charge in [-0.2, -0.15) is 0 Å². The molecule has 2 aromatic carbocycles. The van der Waals surface area contributed by atoms with Crippen LogP contribution in [-0.2, 0) is 17.9 Å². The fourth-order valence-corrected chi connectivity index (χ4v) is 1.81. The molecule has 0 heterocycles. The first kappa shape index (κ1) is 14.2. The van der Waals surface area contributed by atoms with Crippen LogP contribution in [0.15, 0.2) is 48.5 Å².